The summed E-state index contributed by atoms with van der Waals surface area (Å²) in [6.45, 7) is 4.06. The first kappa shape index (κ1) is 16.8. The van der Waals surface area contributed by atoms with E-state index in [0.717, 1.165) is 11.4 Å². The van der Waals surface area contributed by atoms with Crippen molar-refractivity contribution < 1.29 is 4.92 Å². The molecule has 1 unspecified atom stereocenters. The van der Waals surface area contributed by atoms with E-state index in [4.69, 9.17) is 0 Å². The minimum absolute atomic E-state index is 0.0557. The van der Waals surface area contributed by atoms with Crippen LogP contribution >= 0.6 is 11.3 Å². The van der Waals surface area contributed by atoms with E-state index >= 15 is 0 Å². The van der Waals surface area contributed by atoms with E-state index in [0.29, 0.717) is 22.3 Å². The molecular weight excluding hydrogens is 338 g/mol. The highest BCUT2D eigenvalue weighted by molar-refractivity contribution is 7.11. The van der Waals surface area contributed by atoms with Gasteiger partial charge in [-0.3, -0.25) is 10.1 Å². The molecule has 0 saturated carbocycles. The van der Waals surface area contributed by atoms with E-state index in [2.05, 4.69) is 28.3 Å². The predicted molar refractivity (Wildman–Crippen MR) is 96.6 cm³/mol. The summed E-state index contributed by atoms with van der Waals surface area (Å²) in [4.78, 5) is 20.5. The van der Waals surface area contributed by atoms with E-state index in [-0.39, 0.29) is 11.7 Å². The molecule has 126 valence electrons. The van der Waals surface area contributed by atoms with Crippen LogP contribution in [-0.4, -0.2) is 14.9 Å². The summed E-state index contributed by atoms with van der Waals surface area (Å²) in [5.74, 6) is 0.540. The number of pyridine rings is 1. The fraction of sp³-hybridized carbons (Fsp3) is 0.235. The summed E-state index contributed by atoms with van der Waals surface area (Å²) in [5, 5.41) is 25.0. The third-order valence-corrected chi connectivity index (χ3v) is 5.10. The molecule has 1 N–H and O–H groups in total. The summed E-state index contributed by atoms with van der Waals surface area (Å²) in [6, 6.07) is 7.96. The second kappa shape index (κ2) is 6.83. The number of rotatable bonds is 5. The maximum Gasteiger partial charge on any atom is 0.270 e. The molecule has 0 fully saturated rings. The summed E-state index contributed by atoms with van der Waals surface area (Å²) < 4.78 is 0. The van der Waals surface area contributed by atoms with Gasteiger partial charge in [0, 0.05) is 28.6 Å². The third-order valence-electron chi connectivity index (χ3n) is 3.78. The van der Waals surface area contributed by atoms with E-state index in [1.165, 1.54) is 17.0 Å². The van der Waals surface area contributed by atoms with E-state index in [1.54, 1.807) is 23.5 Å². The first-order chi connectivity index (χ1) is 12.0. The van der Waals surface area contributed by atoms with Gasteiger partial charge >= 0.3 is 0 Å². The molecule has 3 rings (SSSR count). The molecule has 7 nitrogen and oxygen atoms in total. The van der Waals surface area contributed by atoms with Gasteiger partial charge in [-0.2, -0.15) is 5.26 Å². The number of aryl methyl sites for hydroxylation is 1. The second-order valence-corrected chi connectivity index (χ2v) is 6.66. The lowest BCUT2D eigenvalue weighted by Gasteiger charge is -2.13. The molecule has 0 bridgehead atoms. The van der Waals surface area contributed by atoms with Gasteiger partial charge in [-0.05, 0) is 25.5 Å². The Bertz CT molecular complexity index is 992. The standard InChI is InChI=1S/C17H15N5O2S/c1-3-13-9-19-17(25-13)10(2)20-16-6-11(8-18)14-7-12(22(23)24)4-5-15(14)21-16/h4-7,9-10H,3H2,1-2H3,(H,20,21). The van der Waals surface area contributed by atoms with Crippen molar-refractivity contribution in [1.82, 2.24) is 9.97 Å². The Balaban J connectivity index is 1.95. The summed E-state index contributed by atoms with van der Waals surface area (Å²) in [6.07, 6.45) is 2.81. The van der Waals surface area contributed by atoms with Crippen LogP contribution in [0.4, 0.5) is 11.5 Å². The first-order valence-corrected chi connectivity index (χ1v) is 8.54. The molecule has 0 aliphatic rings. The average molecular weight is 353 g/mol. The number of nitro benzene ring substituents is 1. The summed E-state index contributed by atoms with van der Waals surface area (Å²) >= 11 is 1.64. The molecule has 2 aromatic heterocycles. The number of hydrogen-bond acceptors (Lipinski definition) is 7. The molecule has 0 aliphatic carbocycles. The molecule has 1 atom stereocenters. The lowest BCUT2D eigenvalue weighted by Crippen LogP contribution is -2.08. The van der Waals surface area contributed by atoms with Gasteiger partial charge in [-0.15, -0.1) is 11.3 Å². The van der Waals surface area contributed by atoms with Crippen molar-refractivity contribution >= 4 is 33.7 Å². The maximum atomic E-state index is 10.9. The zero-order valence-electron chi connectivity index (χ0n) is 13.7. The Morgan fingerprint density at radius 2 is 2.24 bits per heavy atom. The number of nitrogens with zero attached hydrogens (tertiary/aromatic N) is 4. The topological polar surface area (TPSA) is 105 Å². The number of nitrogens with one attached hydrogen (secondary N) is 1. The smallest absolute Gasteiger partial charge is 0.270 e. The highest BCUT2D eigenvalue weighted by Gasteiger charge is 2.14. The second-order valence-electron chi connectivity index (χ2n) is 5.51. The molecule has 0 amide bonds. The van der Waals surface area contributed by atoms with Gasteiger partial charge in [0.05, 0.1) is 28.1 Å². The molecule has 0 aliphatic heterocycles. The fourth-order valence-electron chi connectivity index (χ4n) is 2.46. The normalized spacial score (nSPS) is 11.9. The monoisotopic (exact) mass is 353 g/mol. The molecule has 2 heterocycles. The molecule has 0 spiro atoms. The molecule has 0 radical (unpaired) electrons. The average Bonchev–Trinajstić information content (AvgIpc) is 3.09. The van der Waals surface area contributed by atoms with Gasteiger partial charge in [0.1, 0.15) is 10.8 Å². The highest BCUT2D eigenvalue weighted by atomic mass is 32.1. The van der Waals surface area contributed by atoms with Crippen molar-refractivity contribution in [2.45, 2.75) is 26.3 Å². The number of nitro groups is 1. The number of benzene rings is 1. The van der Waals surface area contributed by atoms with Crippen LogP contribution in [0.2, 0.25) is 0 Å². The zero-order chi connectivity index (χ0) is 18.0. The van der Waals surface area contributed by atoms with Crippen LogP contribution in [0.1, 0.15) is 35.3 Å². The number of hydrogen-bond donors (Lipinski definition) is 1. The van der Waals surface area contributed by atoms with Crippen LogP contribution in [0, 0.1) is 21.4 Å². The molecular formula is C17H15N5O2S. The number of thiazole rings is 1. The third kappa shape index (κ3) is 3.41. The van der Waals surface area contributed by atoms with E-state index in [9.17, 15) is 15.4 Å². The maximum absolute atomic E-state index is 10.9. The van der Waals surface area contributed by atoms with E-state index < -0.39 is 4.92 Å². The highest BCUT2D eigenvalue weighted by Crippen LogP contribution is 2.28. The van der Waals surface area contributed by atoms with Crippen molar-refractivity contribution in [2.24, 2.45) is 0 Å². The van der Waals surface area contributed by atoms with Crippen LogP contribution in [-0.2, 0) is 6.42 Å². The van der Waals surface area contributed by atoms with Gasteiger partial charge in [-0.25, -0.2) is 9.97 Å². The van der Waals surface area contributed by atoms with Crippen molar-refractivity contribution in [1.29, 1.82) is 5.26 Å². The number of anilines is 1. The molecule has 3 aromatic rings. The van der Waals surface area contributed by atoms with E-state index in [1.807, 2.05) is 13.1 Å². The summed E-state index contributed by atoms with van der Waals surface area (Å²) in [5.41, 5.74) is 0.819. The molecule has 1 aromatic carbocycles. The van der Waals surface area contributed by atoms with Crippen LogP contribution in [0.3, 0.4) is 0 Å². The fourth-order valence-corrected chi connectivity index (χ4v) is 3.32. The molecule has 25 heavy (non-hydrogen) atoms. The minimum Gasteiger partial charge on any atom is -0.361 e. The quantitative estimate of drug-likeness (QED) is 0.544. The van der Waals surface area contributed by atoms with Crippen LogP contribution in [0.25, 0.3) is 10.9 Å². The first-order valence-electron chi connectivity index (χ1n) is 7.72. The Labute approximate surface area is 148 Å². The lowest BCUT2D eigenvalue weighted by atomic mass is 10.1. The number of nitriles is 1. The van der Waals surface area contributed by atoms with Crippen molar-refractivity contribution in [3.05, 3.63) is 56.0 Å². The minimum atomic E-state index is -0.484. The molecule has 0 saturated heterocycles. The van der Waals surface area contributed by atoms with Crippen LogP contribution < -0.4 is 5.32 Å². The van der Waals surface area contributed by atoms with Crippen LogP contribution in [0.15, 0.2) is 30.5 Å². The SMILES string of the molecule is CCc1cnc(C(C)Nc2cc(C#N)c3cc([N+](=O)[O-])ccc3n2)s1. The number of fused-ring (bicyclic) bond motifs is 1. The Morgan fingerprint density at radius 3 is 2.88 bits per heavy atom. The van der Waals surface area contributed by atoms with Gasteiger partial charge in [-0.1, -0.05) is 6.92 Å². The van der Waals surface area contributed by atoms with Gasteiger partial charge in [0.2, 0.25) is 0 Å². The van der Waals surface area contributed by atoms with Gasteiger partial charge in [0.15, 0.2) is 0 Å². The lowest BCUT2D eigenvalue weighted by molar-refractivity contribution is -0.384. The summed E-state index contributed by atoms with van der Waals surface area (Å²) in [7, 11) is 0. The van der Waals surface area contributed by atoms with Gasteiger partial charge < -0.3 is 5.32 Å². The Hall–Kier alpha value is -3.05. The Morgan fingerprint density at radius 1 is 1.44 bits per heavy atom. The van der Waals surface area contributed by atoms with Crippen molar-refractivity contribution in [3.63, 3.8) is 0 Å². The zero-order valence-corrected chi connectivity index (χ0v) is 14.5. The Kier molecular flexibility index (Phi) is 4.59. The predicted octanol–water partition coefficient (Wildman–Crippen LogP) is 4.21. The van der Waals surface area contributed by atoms with Crippen molar-refractivity contribution in [3.8, 4) is 6.07 Å². The van der Waals surface area contributed by atoms with Crippen molar-refractivity contribution in [2.75, 3.05) is 5.32 Å². The van der Waals surface area contributed by atoms with Crippen LogP contribution in [0.5, 0.6) is 0 Å². The van der Waals surface area contributed by atoms with Gasteiger partial charge in [0.25, 0.3) is 5.69 Å². The number of aromatic nitrogens is 2. The largest absolute Gasteiger partial charge is 0.361 e. The molecule has 8 heteroatoms. The number of non-ortho nitro benzene ring substituents is 1.